The molecule has 19 heavy (non-hydrogen) atoms. The van der Waals surface area contributed by atoms with E-state index in [0.29, 0.717) is 4.47 Å². The highest BCUT2D eigenvalue weighted by atomic mass is 79.9. The van der Waals surface area contributed by atoms with Crippen molar-refractivity contribution in [2.75, 3.05) is 5.73 Å². The number of carboxylic acids is 1. The Balaban J connectivity index is 2.34. The molecule has 5 nitrogen and oxygen atoms in total. The molecule has 0 unspecified atom stereocenters. The maximum atomic E-state index is 13.3. The number of carboxylic acid groups (broad SMARTS) is 1. The van der Waals surface area contributed by atoms with E-state index >= 15 is 0 Å². The topological polar surface area (TPSA) is 85.4 Å². The molecule has 98 valence electrons. The van der Waals surface area contributed by atoms with E-state index in [0.717, 1.165) is 6.07 Å². The van der Waals surface area contributed by atoms with Gasteiger partial charge < -0.3 is 15.6 Å². The van der Waals surface area contributed by atoms with Crippen LogP contribution >= 0.6 is 15.9 Å². The SMILES string of the molecule is Nc1ccc(C(=O)O)nc1Oc1ccc(Br)c(F)c1. The Kier molecular flexibility index (Phi) is 3.66. The van der Waals surface area contributed by atoms with Crippen LogP contribution < -0.4 is 10.5 Å². The third-order valence-electron chi connectivity index (χ3n) is 2.21. The normalized spacial score (nSPS) is 10.2. The van der Waals surface area contributed by atoms with Crippen LogP contribution in [0.3, 0.4) is 0 Å². The van der Waals surface area contributed by atoms with Gasteiger partial charge in [-0.05, 0) is 40.2 Å². The van der Waals surface area contributed by atoms with Crippen LogP contribution in [0.2, 0.25) is 0 Å². The Morgan fingerprint density at radius 2 is 2.11 bits per heavy atom. The predicted octanol–water partition coefficient (Wildman–Crippen LogP) is 3.06. The van der Waals surface area contributed by atoms with Crippen molar-refractivity contribution in [1.29, 1.82) is 0 Å². The van der Waals surface area contributed by atoms with Gasteiger partial charge in [0, 0.05) is 6.07 Å². The minimum absolute atomic E-state index is 0.0818. The maximum Gasteiger partial charge on any atom is 0.354 e. The number of carbonyl (C=O) groups is 1. The minimum atomic E-state index is -1.20. The van der Waals surface area contributed by atoms with Gasteiger partial charge in [0.25, 0.3) is 0 Å². The van der Waals surface area contributed by atoms with Gasteiger partial charge in [0.1, 0.15) is 11.6 Å². The first kappa shape index (κ1) is 13.3. The van der Waals surface area contributed by atoms with Gasteiger partial charge in [0.15, 0.2) is 5.69 Å². The van der Waals surface area contributed by atoms with Crippen molar-refractivity contribution in [1.82, 2.24) is 4.98 Å². The van der Waals surface area contributed by atoms with Gasteiger partial charge in [-0.25, -0.2) is 14.2 Å². The molecule has 7 heteroatoms. The van der Waals surface area contributed by atoms with Crippen LogP contribution in [0, 0.1) is 5.82 Å². The molecule has 0 atom stereocenters. The van der Waals surface area contributed by atoms with Crippen LogP contribution in [0.5, 0.6) is 11.6 Å². The highest BCUT2D eigenvalue weighted by molar-refractivity contribution is 9.10. The van der Waals surface area contributed by atoms with E-state index in [4.69, 9.17) is 15.6 Å². The van der Waals surface area contributed by atoms with E-state index in [1.165, 1.54) is 24.3 Å². The second kappa shape index (κ2) is 5.23. The Morgan fingerprint density at radius 1 is 1.37 bits per heavy atom. The number of hydrogen-bond donors (Lipinski definition) is 2. The smallest absolute Gasteiger partial charge is 0.354 e. The average Bonchev–Trinajstić information content (AvgIpc) is 2.36. The molecule has 0 bridgehead atoms. The average molecular weight is 327 g/mol. The number of ether oxygens (including phenoxy) is 1. The molecule has 1 heterocycles. The molecule has 1 aromatic carbocycles. The van der Waals surface area contributed by atoms with E-state index in [2.05, 4.69) is 20.9 Å². The molecule has 0 amide bonds. The molecule has 3 N–H and O–H groups in total. The number of aromatic nitrogens is 1. The molecule has 0 spiro atoms. The fraction of sp³-hybridized carbons (Fsp3) is 0. The Labute approximate surface area is 116 Å². The summed E-state index contributed by atoms with van der Waals surface area (Å²) in [5.74, 6) is -1.62. The highest BCUT2D eigenvalue weighted by Gasteiger charge is 2.11. The van der Waals surface area contributed by atoms with Gasteiger partial charge >= 0.3 is 5.97 Å². The van der Waals surface area contributed by atoms with Crippen molar-refractivity contribution in [2.24, 2.45) is 0 Å². The largest absolute Gasteiger partial charge is 0.477 e. The van der Waals surface area contributed by atoms with Crippen LogP contribution in [-0.2, 0) is 0 Å². The molecule has 0 radical (unpaired) electrons. The lowest BCUT2D eigenvalue weighted by molar-refractivity contribution is 0.0689. The zero-order valence-electron chi connectivity index (χ0n) is 9.43. The van der Waals surface area contributed by atoms with Crippen LogP contribution in [0.15, 0.2) is 34.8 Å². The molecule has 0 aliphatic rings. The summed E-state index contributed by atoms with van der Waals surface area (Å²) in [6.07, 6.45) is 0. The van der Waals surface area contributed by atoms with Crippen molar-refractivity contribution >= 4 is 27.6 Å². The van der Waals surface area contributed by atoms with Crippen LogP contribution in [0.4, 0.5) is 10.1 Å². The van der Waals surface area contributed by atoms with Crippen molar-refractivity contribution in [3.8, 4) is 11.6 Å². The molecule has 0 saturated heterocycles. The zero-order valence-corrected chi connectivity index (χ0v) is 11.0. The lowest BCUT2D eigenvalue weighted by atomic mass is 10.3. The number of halogens is 2. The maximum absolute atomic E-state index is 13.3. The van der Waals surface area contributed by atoms with E-state index < -0.39 is 11.8 Å². The first-order chi connectivity index (χ1) is 8.97. The summed E-state index contributed by atoms with van der Waals surface area (Å²) in [5, 5.41) is 8.82. The molecule has 0 aliphatic heterocycles. The molecule has 0 saturated carbocycles. The molecule has 0 fully saturated rings. The second-order valence-corrected chi connectivity index (χ2v) is 4.43. The molecular weight excluding hydrogens is 319 g/mol. The fourth-order valence-electron chi connectivity index (χ4n) is 1.30. The van der Waals surface area contributed by atoms with Gasteiger partial charge in [-0.2, -0.15) is 0 Å². The first-order valence-electron chi connectivity index (χ1n) is 5.10. The summed E-state index contributed by atoms with van der Waals surface area (Å²) in [7, 11) is 0. The number of nitrogens with two attached hydrogens (primary N) is 1. The van der Waals surface area contributed by atoms with Crippen LogP contribution in [0.25, 0.3) is 0 Å². The van der Waals surface area contributed by atoms with Crippen LogP contribution in [-0.4, -0.2) is 16.1 Å². The number of nitrogen functional groups attached to an aromatic ring is 1. The summed E-state index contributed by atoms with van der Waals surface area (Å²) < 4.78 is 18.9. The monoisotopic (exact) mass is 326 g/mol. The number of anilines is 1. The fourth-order valence-corrected chi connectivity index (χ4v) is 1.55. The molecule has 2 aromatic rings. The van der Waals surface area contributed by atoms with E-state index in [1.54, 1.807) is 0 Å². The van der Waals surface area contributed by atoms with Crippen LogP contribution in [0.1, 0.15) is 10.5 Å². The van der Waals surface area contributed by atoms with Gasteiger partial charge in [-0.1, -0.05) is 0 Å². The highest BCUT2D eigenvalue weighted by Crippen LogP contribution is 2.28. The molecule has 0 aliphatic carbocycles. The second-order valence-electron chi connectivity index (χ2n) is 3.57. The van der Waals surface area contributed by atoms with Crippen molar-refractivity contribution in [2.45, 2.75) is 0 Å². The lowest BCUT2D eigenvalue weighted by Crippen LogP contribution is -2.03. The summed E-state index contributed by atoms with van der Waals surface area (Å²) in [4.78, 5) is 14.5. The number of benzene rings is 1. The minimum Gasteiger partial charge on any atom is -0.477 e. The van der Waals surface area contributed by atoms with E-state index in [1.807, 2.05) is 0 Å². The number of nitrogens with zero attached hydrogens (tertiary/aromatic N) is 1. The van der Waals surface area contributed by atoms with Crippen molar-refractivity contribution in [3.05, 3.63) is 46.3 Å². The van der Waals surface area contributed by atoms with Crippen molar-refractivity contribution < 1.29 is 19.0 Å². The molecular formula is C12H8BrFN2O3. The van der Waals surface area contributed by atoms with E-state index in [-0.39, 0.29) is 23.0 Å². The summed E-state index contributed by atoms with van der Waals surface area (Å²) >= 11 is 3.01. The zero-order chi connectivity index (χ0) is 14.0. The van der Waals surface area contributed by atoms with Crippen molar-refractivity contribution in [3.63, 3.8) is 0 Å². The Morgan fingerprint density at radius 3 is 2.74 bits per heavy atom. The molecule has 1 aromatic heterocycles. The summed E-state index contributed by atoms with van der Waals surface area (Å²) in [6.45, 7) is 0. The summed E-state index contributed by atoms with van der Waals surface area (Å²) in [5.41, 5.74) is 5.58. The first-order valence-corrected chi connectivity index (χ1v) is 5.89. The van der Waals surface area contributed by atoms with Gasteiger partial charge in [0.2, 0.25) is 5.88 Å². The third kappa shape index (κ3) is 3.00. The van der Waals surface area contributed by atoms with Gasteiger partial charge in [0.05, 0.1) is 10.2 Å². The van der Waals surface area contributed by atoms with Gasteiger partial charge in [-0.3, -0.25) is 0 Å². The number of aromatic carboxylic acids is 1. The Bertz CT molecular complexity index is 649. The number of hydrogen-bond acceptors (Lipinski definition) is 4. The van der Waals surface area contributed by atoms with Gasteiger partial charge in [-0.15, -0.1) is 0 Å². The van der Waals surface area contributed by atoms with E-state index in [9.17, 15) is 9.18 Å². The molecule has 2 rings (SSSR count). The number of rotatable bonds is 3. The summed E-state index contributed by atoms with van der Waals surface area (Å²) in [6, 6.07) is 6.72. The lowest BCUT2D eigenvalue weighted by Gasteiger charge is -2.08. The quantitative estimate of drug-likeness (QED) is 0.905. The number of pyridine rings is 1. The Hall–Kier alpha value is -2.15. The standard InChI is InChI=1S/C12H8BrFN2O3/c13-7-2-1-6(5-8(7)14)19-11-9(15)3-4-10(16-11)12(17)18/h1-5H,15H2,(H,17,18). The predicted molar refractivity (Wildman–Crippen MR) is 69.8 cm³/mol. The third-order valence-corrected chi connectivity index (χ3v) is 2.86.